The monoisotopic (exact) mass is 225 g/mol. The Morgan fingerprint density at radius 2 is 1.81 bits per heavy atom. The predicted octanol–water partition coefficient (Wildman–Crippen LogP) is 0.750. The van der Waals surface area contributed by atoms with Gasteiger partial charge in [0.2, 0.25) is 0 Å². The zero-order valence-electron chi connectivity index (χ0n) is 9.47. The summed E-state index contributed by atoms with van der Waals surface area (Å²) in [7, 11) is 0. The third-order valence-corrected chi connectivity index (χ3v) is 1.96. The molecule has 0 heterocycles. The molecule has 0 aromatic carbocycles. The second-order valence-corrected chi connectivity index (χ2v) is 3.15. The molecular weight excluding hydrogens is 206 g/mol. The fourth-order valence-electron chi connectivity index (χ4n) is 1.24. The quantitative estimate of drug-likeness (QED) is 0.465. The van der Waals surface area contributed by atoms with E-state index in [2.05, 4.69) is 19.7 Å². The standard InChI is InChI=1S/C12H19NO3/c1-4-7-13(8-5-2)11(10-14)12(15)16-9-6-3/h4-6,11,14H,1-3,7-10H2/t11-/m0/s1. The maximum Gasteiger partial charge on any atom is 0.326 e. The summed E-state index contributed by atoms with van der Waals surface area (Å²) in [6.45, 7) is 11.5. The summed E-state index contributed by atoms with van der Waals surface area (Å²) in [6, 6.07) is -0.684. The zero-order valence-corrected chi connectivity index (χ0v) is 9.47. The van der Waals surface area contributed by atoms with E-state index in [9.17, 15) is 9.90 Å². The highest BCUT2D eigenvalue weighted by Crippen LogP contribution is 2.02. The second-order valence-electron chi connectivity index (χ2n) is 3.15. The highest BCUT2D eigenvalue weighted by Gasteiger charge is 2.24. The lowest BCUT2D eigenvalue weighted by molar-refractivity contribution is -0.149. The van der Waals surface area contributed by atoms with Crippen molar-refractivity contribution in [3.63, 3.8) is 0 Å². The average Bonchev–Trinajstić information content (AvgIpc) is 2.28. The molecule has 0 aliphatic carbocycles. The smallest absolute Gasteiger partial charge is 0.326 e. The van der Waals surface area contributed by atoms with Gasteiger partial charge in [-0.3, -0.25) is 9.69 Å². The number of aliphatic hydroxyl groups excluding tert-OH is 1. The fourth-order valence-corrected chi connectivity index (χ4v) is 1.24. The molecule has 16 heavy (non-hydrogen) atoms. The van der Waals surface area contributed by atoms with Crippen molar-refractivity contribution in [2.24, 2.45) is 0 Å². The Balaban J connectivity index is 4.49. The Hall–Kier alpha value is -1.39. The van der Waals surface area contributed by atoms with E-state index in [4.69, 9.17) is 4.74 Å². The van der Waals surface area contributed by atoms with Gasteiger partial charge >= 0.3 is 5.97 Å². The van der Waals surface area contributed by atoms with Gasteiger partial charge in [0.15, 0.2) is 0 Å². The van der Waals surface area contributed by atoms with Gasteiger partial charge < -0.3 is 9.84 Å². The molecule has 0 rings (SSSR count). The van der Waals surface area contributed by atoms with E-state index in [0.29, 0.717) is 13.1 Å². The van der Waals surface area contributed by atoms with E-state index in [-0.39, 0.29) is 13.2 Å². The average molecular weight is 225 g/mol. The van der Waals surface area contributed by atoms with Gasteiger partial charge in [0, 0.05) is 13.1 Å². The number of nitrogens with zero attached hydrogens (tertiary/aromatic N) is 1. The molecule has 90 valence electrons. The summed E-state index contributed by atoms with van der Waals surface area (Å²) in [5.74, 6) is -0.467. The van der Waals surface area contributed by atoms with Gasteiger partial charge in [-0.2, -0.15) is 0 Å². The summed E-state index contributed by atoms with van der Waals surface area (Å²) in [6.07, 6.45) is 4.80. The first-order valence-corrected chi connectivity index (χ1v) is 5.05. The Morgan fingerprint density at radius 3 is 2.19 bits per heavy atom. The van der Waals surface area contributed by atoms with Gasteiger partial charge in [-0.05, 0) is 0 Å². The number of esters is 1. The predicted molar refractivity (Wildman–Crippen MR) is 64.0 cm³/mol. The zero-order chi connectivity index (χ0) is 12.4. The molecule has 0 aliphatic heterocycles. The van der Waals surface area contributed by atoms with Gasteiger partial charge in [-0.1, -0.05) is 24.8 Å². The number of rotatable bonds is 9. The van der Waals surface area contributed by atoms with E-state index in [0.717, 1.165) is 0 Å². The van der Waals surface area contributed by atoms with Crippen molar-refractivity contribution in [2.75, 3.05) is 26.3 Å². The number of hydrogen-bond acceptors (Lipinski definition) is 4. The largest absolute Gasteiger partial charge is 0.460 e. The number of carbonyl (C=O) groups excluding carboxylic acids is 1. The molecule has 0 saturated heterocycles. The summed E-state index contributed by atoms with van der Waals surface area (Å²) in [5, 5.41) is 9.18. The van der Waals surface area contributed by atoms with Crippen LogP contribution in [0.2, 0.25) is 0 Å². The van der Waals surface area contributed by atoms with E-state index in [1.165, 1.54) is 6.08 Å². The Labute approximate surface area is 96.5 Å². The van der Waals surface area contributed by atoms with Crippen molar-refractivity contribution in [1.29, 1.82) is 0 Å². The van der Waals surface area contributed by atoms with Crippen LogP contribution in [-0.2, 0) is 9.53 Å². The van der Waals surface area contributed by atoms with E-state index in [1.54, 1.807) is 17.1 Å². The number of hydrogen-bond donors (Lipinski definition) is 1. The van der Waals surface area contributed by atoms with Crippen LogP contribution in [0.25, 0.3) is 0 Å². The first-order valence-electron chi connectivity index (χ1n) is 5.05. The fraction of sp³-hybridized carbons (Fsp3) is 0.417. The lowest BCUT2D eigenvalue weighted by atomic mass is 10.2. The maximum absolute atomic E-state index is 11.6. The molecule has 0 fully saturated rings. The first-order chi connectivity index (χ1) is 7.71. The minimum Gasteiger partial charge on any atom is -0.460 e. The second kappa shape index (κ2) is 8.88. The SMILES string of the molecule is C=CCOC(=O)[C@H](CO)N(CC=C)CC=C. The lowest BCUT2D eigenvalue weighted by Gasteiger charge is -2.26. The van der Waals surface area contributed by atoms with Crippen LogP contribution in [0.1, 0.15) is 0 Å². The van der Waals surface area contributed by atoms with Crippen LogP contribution in [-0.4, -0.2) is 48.3 Å². The molecule has 0 unspecified atom stereocenters. The van der Waals surface area contributed by atoms with E-state index >= 15 is 0 Å². The number of carbonyl (C=O) groups is 1. The van der Waals surface area contributed by atoms with Crippen molar-refractivity contribution in [3.8, 4) is 0 Å². The summed E-state index contributed by atoms with van der Waals surface area (Å²) < 4.78 is 4.89. The van der Waals surface area contributed by atoms with Gasteiger partial charge in [-0.25, -0.2) is 0 Å². The molecule has 0 amide bonds. The molecule has 0 aromatic rings. The van der Waals surface area contributed by atoms with Crippen LogP contribution in [0.15, 0.2) is 38.0 Å². The number of ether oxygens (including phenoxy) is 1. The minimum absolute atomic E-state index is 0.144. The van der Waals surface area contributed by atoms with Crippen LogP contribution in [0.4, 0.5) is 0 Å². The van der Waals surface area contributed by atoms with Crippen molar-refractivity contribution < 1.29 is 14.6 Å². The lowest BCUT2D eigenvalue weighted by Crippen LogP contribution is -2.45. The van der Waals surface area contributed by atoms with Crippen LogP contribution < -0.4 is 0 Å². The molecule has 1 atom stereocenters. The van der Waals surface area contributed by atoms with Gasteiger partial charge in [0.05, 0.1) is 6.61 Å². The van der Waals surface area contributed by atoms with Crippen LogP contribution >= 0.6 is 0 Å². The molecule has 1 N–H and O–H groups in total. The number of aliphatic hydroxyl groups is 1. The highest BCUT2D eigenvalue weighted by molar-refractivity contribution is 5.76. The molecule has 0 bridgehead atoms. The molecule has 4 nitrogen and oxygen atoms in total. The van der Waals surface area contributed by atoms with Crippen molar-refractivity contribution in [2.45, 2.75) is 6.04 Å². The first kappa shape index (κ1) is 14.6. The van der Waals surface area contributed by atoms with Crippen LogP contribution in [0.5, 0.6) is 0 Å². The van der Waals surface area contributed by atoms with Gasteiger partial charge in [-0.15, -0.1) is 13.2 Å². The van der Waals surface area contributed by atoms with E-state index < -0.39 is 12.0 Å². The molecule has 0 aliphatic rings. The normalized spacial score (nSPS) is 11.9. The topological polar surface area (TPSA) is 49.8 Å². The van der Waals surface area contributed by atoms with Crippen LogP contribution in [0, 0.1) is 0 Å². The maximum atomic E-state index is 11.6. The Bertz CT molecular complexity index is 241. The summed E-state index contributed by atoms with van der Waals surface area (Å²) >= 11 is 0. The summed E-state index contributed by atoms with van der Waals surface area (Å²) in [5.41, 5.74) is 0. The van der Waals surface area contributed by atoms with E-state index in [1.807, 2.05) is 0 Å². The Morgan fingerprint density at radius 1 is 1.25 bits per heavy atom. The minimum atomic E-state index is -0.684. The third kappa shape index (κ3) is 4.91. The van der Waals surface area contributed by atoms with Gasteiger partial charge in [0.1, 0.15) is 12.6 Å². The van der Waals surface area contributed by atoms with Crippen molar-refractivity contribution in [3.05, 3.63) is 38.0 Å². The van der Waals surface area contributed by atoms with Gasteiger partial charge in [0.25, 0.3) is 0 Å². The highest BCUT2D eigenvalue weighted by atomic mass is 16.5. The molecule has 0 aromatic heterocycles. The summed E-state index contributed by atoms with van der Waals surface area (Å²) in [4.78, 5) is 13.3. The van der Waals surface area contributed by atoms with Crippen molar-refractivity contribution in [1.82, 2.24) is 4.90 Å². The molecule has 0 spiro atoms. The molecular formula is C12H19NO3. The van der Waals surface area contributed by atoms with Crippen LogP contribution in [0.3, 0.4) is 0 Å². The third-order valence-electron chi connectivity index (χ3n) is 1.96. The molecule has 0 radical (unpaired) electrons. The van der Waals surface area contributed by atoms with Crippen molar-refractivity contribution >= 4 is 5.97 Å². The molecule has 0 saturated carbocycles. The Kier molecular flexibility index (Phi) is 8.11. The molecule has 4 heteroatoms.